The van der Waals surface area contributed by atoms with Gasteiger partial charge in [-0.1, -0.05) is 30.3 Å². The van der Waals surface area contributed by atoms with E-state index in [1.54, 1.807) is 0 Å². The molecule has 20 heavy (non-hydrogen) atoms. The number of carbonyl (C=O) groups excluding carboxylic acids is 1. The van der Waals surface area contributed by atoms with E-state index in [1.165, 1.54) is 5.56 Å². The largest absolute Gasteiger partial charge is 0.343 e. The Kier molecular flexibility index (Phi) is 4.81. The standard InChI is InChI=1S/C17H26N2O/c1-17(2,18)11-8-16(20)19-12-9-15(10-13-19)14-6-4-3-5-7-14/h3-7,15H,8-13,18H2,1-2H3. The van der Waals surface area contributed by atoms with E-state index < -0.39 is 0 Å². The van der Waals surface area contributed by atoms with Crippen LogP contribution in [0, 0.1) is 0 Å². The van der Waals surface area contributed by atoms with Gasteiger partial charge in [-0.05, 0) is 44.6 Å². The molecule has 0 bridgehead atoms. The maximum atomic E-state index is 12.2. The van der Waals surface area contributed by atoms with Crippen molar-refractivity contribution in [3.8, 4) is 0 Å². The van der Waals surface area contributed by atoms with Crippen LogP contribution in [-0.4, -0.2) is 29.4 Å². The summed E-state index contributed by atoms with van der Waals surface area (Å²) in [4.78, 5) is 14.2. The first-order valence-electron chi connectivity index (χ1n) is 7.57. The van der Waals surface area contributed by atoms with Crippen LogP contribution in [-0.2, 0) is 4.79 Å². The van der Waals surface area contributed by atoms with E-state index in [4.69, 9.17) is 5.73 Å². The Morgan fingerprint density at radius 1 is 1.25 bits per heavy atom. The fourth-order valence-electron chi connectivity index (χ4n) is 2.77. The highest BCUT2D eigenvalue weighted by atomic mass is 16.2. The second kappa shape index (κ2) is 6.40. The number of nitrogens with two attached hydrogens (primary N) is 1. The van der Waals surface area contributed by atoms with Crippen LogP contribution in [0.1, 0.15) is 51.0 Å². The Hall–Kier alpha value is -1.35. The average molecular weight is 274 g/mol. The number of piperidine rings is 1. The minimum absolute atomic E-state index is 0.252. The average Bonchev–Trinajstić information content (AvgIpc) is 2.45. The summed E-state index contributed by atoms with van der Waals surface area (Å²) in [5, 5.41) is 0. The third-order valence-corrected chi connectivity index (χ3v) is 4.10. The highest BCUT2D eigenvalue weighted by Crippen LogP contribution is 2.28. The van der Waals surface area contributed by atoms with E-state index in [-0.39, 0.29) is 11.4 Å². The molecule has 1 aliphatic rings. The number of hydrogen-bond acceptors (Lipinski definition) is 2. The van der Waals surface area contributed by atoms with Crippen LogP contribution >= 0.6 is 0 Å². The third-order valence-electron chi connectivity index (χ3n) is 4.10. The van der Waals surface area contributed by atoms with Gasteiger partial charge in [0.1, 0.15) is 0 Å². The van der Waals surface area contributed by atoms with E-state index in [0.29, 0.717) is 12.3 Å². The lowest BCUT2D eigenvalue weighted by Gasteiger charge is -2.33. The summed E-state index contributed by atoms with van der Waals surface area (Å²) in [7, 11) is 0. The molecule has 1 fully saturated rings. The zero-order chi connectivity index (χ0) is 14.6. The van der Waals surface area contributed by atoms with E-state index in [0.717, 1.165) is 32.4 Å². The van der Waals surface area contributed by atoms with Crippen molar-refractivity contribution in [2.45, 2.75) is 51.0 Å². The normalized spacial score (nSPS) is 17.2. The first-order chi connectivity index (χ1) is 9.46. The molecule has 1 aromatic carbocycles. The van der Waals surface area contributed by atoms with Crippen LogP contribution in [0.2, 0.25) is 0 Å². The summed E-state index contributed by atoms with van der Waals surface area (Å²) in [6, 6.07) is 10.6. The molecule has 0 aliphatic carbocycles. The topological polar surface area (TPSA) is 46.3 Å². The maximum absolute atomic E-state index is 12.2. The Bertz CT molecular complexity index is 428. The maximum Gasteiger partial charge on any atom is 0.222 e. The van der Waals surface area contributed by atoms with Gasteiger partial charge in [0, 0.05) is 25.0 Å². The van der Waals surface area contributed by atoms with Crippen molar-refractivity contribution in [2.75, 3.05) is 13.1 Å². The number of nitrogens with zero attached hydrogens (tertiary/aromatic N) is 1. The molecular weight excluding hydrogens is 248 g/mol. The molecule has 110 valence electrons. The Labute approximate surface area is 122 Å². The SMILES string of the molecule is CC(C)(N)CCC(=O)N1CCC(c2ccccc2)CC1. The zero-order valence-corrected chi connectivity index (χ0v) is 12.6. The van der Waals surface area contributed by atoms with Crippen molar-refractivity contribution < 1.29 is 4.79 Å². The lowest BCUT2D eigenvalue weighted by Crippen LogP contribution is -2.40. The van der Waals surface area contributed by atoms with Gasteiger partial charge in [-0.25, -0.2) is 0 Å². The minimum atomic E-state index is -0.252. The molecule has 0 aromatic heterocycles. The quantitative estimate of drug-likeness (QED) is 0.917. The fraction of sp³-hybridized carbons (Fsp3) is 0.588. The van der Waals surface area contributed by atoms with Gasteiger partial charge in [0.25, 0.3) is 0 Å². The molecular formula is C17H26N2O. The smallest absolute Gasteiger partial charge is 0.222 e. The summed E-state index contributed by atoms with van der Waals surface area (Å²) in [5.74, 6) is 0.862. The molecule has 3 nitrogen and oxygen atoms in total. The van der Waals surface area contributed by atoms with E-state index in [1.807, 2.05) is 18.7 Å². The molecule has 1 aliphatic heterocycles. The van der Waals surface area contributed by atoms with Gasteiger partial charge >= 0.3 is 0 Å². The monoisotopic (exact) mass is 274 g/mol. The van der Waals surface area contributed by atoms with Crippen molar-refractivity contribution in [1.29, 1.82) is 0 Å². The van der Waals surface area contributed by atoms with Gasteiger partial charge < -0.3 is 10.6 Å². The second-order valence-corrected chi connectivity index (χ2v) is 6.55. The number of carbonyl (C=O) groups is 1. The molecule has 0 atom stereocenters. The molecule has 0 saturated carbocycles. The van der Waals surface area contributed by atoms with Crippen LogP contribution in [0.25, 0.3) is 0 Å². The predicted octanol–water partition coefficient (Wildman–Crippen LogP) is 2.91. The predicted molar refractivity (Wildman–Crippen MR) is 82.5 cm³/mol. The molecule has 1 saturated heterocycles. The first kappa shape index (κ1) is 15.0. The first-order valence-corrected chi connectivity index (χ1v) is 7.57. The van der Waals surface area contributed by atoms with Gasteiger partial charge in [-0.15, -0.1) is 0 Å². The van der Waals surface area contributed by atoms with Crippen LogP contribution in [0.4, 0.5) is 0 Å². The van der Waals surface area contributed by atoms with E-state index >= 15 is 0 Å². The molecule has 2 rings (SSSR count). The molecule has 3 heteroatoms. The van der Waals surface area contributed by atoms with Crippen molar-refractivity contribution in [3.05, 3.63) is 35.9 Å². The van der Waals surface area contributed by atoms with Crippen molar-refractivity contribution >= 4 is 5.91 Å². The van der Waals surface area contributed by atoms with Gasteiger partial charge in [-0.2, -0.15) is 0 Å². The van der Waals surface area contributed by atoms with Gasteiger partial charge in [0.05, 0.1) is 0 Å². The summed E-state index contributed by atoms with van der Waals surface area (Å²) in [5.41, 5.74) is 7.09. The van der Waals surface area contributed by atoms with Gasteiger partial charge in [0.2, 0.25) is 5.91 Å². The van der Waals surface area contributed by atoms with Crippen molar-refractivity contribution in [1.82, 2.24) is 4.90 Å². The third kappa shape index (κ3) is 4.34. The lowest BCUT2D eigenvalue weighted by atomic mass is 9.89. The van der Waals surface area contributed by atoms with E-state index in [9.17, 15) is 4.79 Å². The zero-order valence-electron chi connectivity index (χ0n) is 12.6. The highest BCUT2D eigenvalue weighted by Gasteiger charge is 2.24. The van der Waals surface area contributed by atoms with Crippen LogP contribution < -0.4 is 5.73 Å². The summed E-state index contributed by atoms with van der Waals surface area (Å²) in [6.45, 7) is 5.70. The summed E-state index contributed by atoms with van der Waals surface area (Å²) in [6.07, 6.45) is 3.47. The van der Waals surface area contributed by atoms with Gasteiger partial charge in [-0.3, -0.25) is 4.79 Å². The molecule has 1 aromatic rings. The molecule has 0 spiro atoms. The molecule has 1 heterocycles. The van der Waals surface area contributed by atoms with Crippen LogP contribution in [0.15, 0.2) is 30.3 Å². The summed E-state index contributed by atoms with van der Waals surface area (Å²) < 4.78 is 0. The molecule has 1 amide bonds. The van der Waals surface area contributed by atoms with Crippen molar-refractivity contribution in [2.24, 2.45) is 5.73 Å². The van der Waals surface area contributed by atoms with Gasteiger partial charge in [0.15, 0.2) is 0 Å². The number of amides is 1. The summed E-state index contributed by atoms with van der Waals surface area (Å²) >= 11 is 0. The lowest BCUT2D eigenvalue weighted by molar-refractivity contribution is -0.132. The van der Waals surface area contributed by atoms with Crippen LogP contribution in [0.3, 0.4) is 0 Å². The number of rotatable bonds is 4. The molecule has 0 radical (unpaired) electrons. The highest BCUT2D eigenvalue weighted by molar-refractivity contribution is 5.76. The van der Waals surface area contributed by atoms with Crippen molar-refractivity contribution in [3.63, 3.8) is 0 Å². The fourth-order valence-corrected chi connectivity index (χ4v) is 2.77. The number of hydrogen-bond donors (Lipinski definition) is 1. The minimum Gasteiger partial charge on any atom is -0.343 e. The van der Waals surface area contributed by atoms with Crippen LogP contribution in [0.5, 0.6) is 0 Å². The van der Waals surface area contributed by atoms with E-state index in [2.05, 4.69) is 30.3 Å². The number of likely N-dealkylation sites (tertiary alicyclic amines) is 1. The Balaban J connectivity index is 1.81. The second-order valence-electron chi connectivity index (χ2n) is 6.55. The molecule has 2 N–H and O–H groups in total. The Morgan fingerprint density at radius 2 is 1.85 bits per heavy atom. The molecule has 0 unspecified atom stereocenters. The Morgan fingerprint density at radius 3 is 2.40 bits per heavy atom. The number of benzene rings is 1.